The van der Waals surface area contributed by atoms with Crippen LogP contribution in [0.3, 0.4) is 0 Å². The minimum absolute atomic E-state index is 0.124. The van der Waals surface area contributed by atoms with Crippen LogP contribution in [0.4, 0.5) is 10.8 Å². The van der Waals surface area contributed by atoms with Crippen LogP contribution in [0.1, 0.15) is 39.7 Å². The predicted molar refractivity (Wildman–Crippen MR) is 156 cm³/mol. The van der Waals surface area contributed by atoms with E-state index in [9.17, 15) is 9.59 Å². The first-order valence-corrected chi connectivity index (χ1v) is 13.6. The third kappa shape index (κ3) is 4.96. The predicted octanol–water partition coefficient (Wildman–Crippen LogP) is 7.07. The Bertz CT molecular complexity index is 1680. The van der Waals surface area contributed by atoms with Gasteiger partial charge >= 0.3 is 0 Å². The summed E-state index contributed by atoms with van der Waals surface area (Å²) in [7, 11) is 0. The molecule has 0 spiro atoms. The van der Waals surface area contributed by atoms with Gasteiger partial charge in [0.25, 0.3) is 5.91 Å². The van der Waals surface area contributed by atoms with Crippen molar-refractivity contribution in [3.63, 3.8) is 0 Å². The number of Topliss-reactive ketones (excluding diaryl/α,β-unsaturated/α-hetero) is 1. The molecule has 0 unspecified atom stereocenters. The number of hydrogen-bond donors (Lipinski definition) is 1. The molecule has 6 nitrogen and oxygen atoms in total. The number of para-hydroxylation sites is 1. The normalized spacial score (nSPS) is 14.8. The topological polar surface area (TPSA) is 74.7 Å². The number of thiazole rings is 1. The molecule has 4 aromatic rings. The van der Waals surface area contributed by atoms with Gasteiger partial charge in [-0.3, -0.25) is 14.9 Å². The fraction of sp³-hybridized carbons (Fsp3) is 0.125. The summed E-state index contributed by atoms with van der Waals surface area (Å²) in [5.74, 6) is 0.652. The number of amides is 1. The van der Waals surface area contributed by atoms with Gasteiger partial charge in [-0.25, -0.2) is 9.98 Å². The molecule has 0 bridgehead atoms. The molecule has 0 saturated heterocycles. The Kier molecular flexibility index (Phi) is 6.50. The molecule has 0 atom stereocenters. The van der Waals surface area contributed by atoms with Gasteiger partial charge in [-0.15, -0.1) is 0 Å². The van der Waals surface area contributed by atoms with Crippen molar-refractivity contribution in [2.75, 3.05) is 5.32 Å². The van der Waals surface area contributed by atoms with Gasteiger partial charge in [0, 0.05) is 23.2 Å². The number of fused-ring (bicyclic) bond motifs is 1. The van der Waals surface area contributed by atoms with Gasteiger partial charge in [-0.1, -0.05) is 83.6 Å². The molecule has 1 amide bonds. The zero-order valence-corrected chi connectivity index (χ0v) is 22.5. The van der Waals surface area contributed by atoms with Crippen molar-refractivity contribution >= 4 is 39.7 Å². The zero-order valence-electron chi connectivity index (χ0n) is 21.6. The van der Waals surface area contributed by atoms with Crippen LogP contribution in [0.25, 0.3) is 11.3 Å². The number of aromatic nitrogens is 1. The Hall–Kier alpha value is -4.62. The molecule has 7 heteroatoms. The second-order valence-electron chi connectivity index (χ2n) is 9.62. The van der Waals surface area contributed by atoms with Crippen LogP contribution in [-0.4, -0.2) is 27.4 Å². The van der Waals surface area contributed by atoms with Gasteiger partial charge in [-0.05, 0) is 49.3 Å². The number of nitrogens with zero attached hydrogens (tertiary/aromatic N) is 3. The molecule has 1 aliphatic heterocycles. The Labute approximate surface area is 231 Å². The van der Waals surface area contributed by atoms with Crippen molar-refractivity contribution in [1.29, 1.82) is 0 Å². The summed E-state index contributed by atoms with van der Waals surface area (Å²) in [6.07, 6.45) is 4.25. The largest absolute Gasteiger partial charge is 0.321 e. The van der Waals surface area contributed by atoms with Gasteiger partial charge in [0.05, 0.1) is 22.8 Å². The summed E-state index contributed by atoms with van der Waals surface area (Å²) < 4.78 is 0. The number of hydrogen-bond acceptors (Lipinski definition) is 6. The fourth-order valence-corrected chi connectivity index (χ4v) is 5.64. The van der Waals surface area contributed by atoms with E-state index in [4.69, 9.17) is 9.98 Å². The number of carbonyl (C=O) groups excluding carboxylic acids is 2. The van der Waals surface area contributed by atoms with E-state index in [1.165, 1.54) is 11.3 Å². The van der Waals surface area contributed by atoms with E-state index in [0.29, 0.717) is 23.7 Å². The molecular formula is C32H26N4O2S. The molecule has 0 fully saturated rings. The van der Waals surface area contributed by atoms with E-state index in [2.05, 4.69) is 16.3 Å². The average molecular weight is 531 g/mol. The Morgan fingerprint density at radius 1 is 0.949 bits per heavy atom. The van der Waals surface area contributed by atoms with Gasteiger partial charge < -0.3 is 4.90 Å². The van der Waals surface area contributed by atoms with E-state index >= 15 is 0 Å². The molecule has 0 radical (unpaired) electrons. The van der Waals surface area contributed by atoms with E-state index in [1.54, 1.807) is 0 Å². The van der Waals surface area contributed by atoms with Crippen LogP contribution in [0, 0.1) is 6.92 Å². The number of aryl methyl sites for hydroxylation is 1. The quantitative estimate of drug-likeness (QED) is 0.300. The zero-order chi connectivity index (χ0) is 26.9. The summed E-state index contributed by atoms with van der Waals surface area (Å²) >= 11 is 1.40. The molecule has 39 heavy (non-hydrogen) atoms. The average Bonchev–Trinajstić information content (AvgIpc) is 3.38. The molecule has 1 aromatic heterocycles. The molecule has 1 aliphatic carbocycles. The highest BCUT2D eigenvalue weighted by atomic mass is 32.1. The Morgan fingerprint density at radius 3 is 2.46 bits per heavy atom. The lowest BCUT2D eigenvalue weighted by Crippen LogP contribution is -2.33. The van der Waals surface area contributed by atoms with Crippen LogP contribution in [0.5, 0.6) is 0 Å². The first kappa shape index (κ1) is 24.7. The van der Waals surface area contributed by atoms with Crippen LogP contribution in [0.2, 0.25) is 0 Å². The lowest BCUT2D eigenvalue weighted by molar-refractivity contribution is -0.114. The number of benzene rings is 3. The molecule has 192 valence electrons. The molecular weight excluding hydrogens is 504 g/mol. The maximum Gasteiger partial charge on any atom is 0.257 e. The maximum atomic E-state index is 13.1. The number of nitrogens with one attached hydrogen (secondary N) is 1. The molecule has 0 saturated carbocycles. The Balaban J connectivity index is 1.47. The van der Waals surface area contributed by atoms with Crippen molar-refractivity contribution < 1.29 is 9.59 Å². The van der Waals surface area contributed by atoms with Crippen molar-refractivity contribution in [3.8, 4) is 11.3 Å². The van der Waals surface area contributed by atoms with Crippen molar-refractivity contribution in [1.82, 2.24) is 9.88 Å². The second kappa shape index (κ2) is 10.3. The van der Waals surface area contributed by atoms with E-state index in [-0.39, 0.29) is 11.7 Å². The summed E-state index contributed by atoms with van der Waals surface area (Å²) in [6, 6.07) is 25.5. The lowest BCUT2D eigenvalue weighted by Gasteiger charge is -2.32. The molecule has 1 N–H and O–H groups in total. The summed E-state index contributed by atoms with van der Waals surface area (Å²) in [4.78, 5) is 38.3. The van der Waals surface area contributed by atoms with Crippen LogP contribution in [0.15, 0.2) is 107 Å². The standard InChI is InChI=1S/C32H26N4O2S/c1-20-12-14-23(15-13-20)31(38)35-32-34-28(22-8-4-3-5-9-22)29(39-32)30-33-26-11-7-6-10-24(26)19-36(30)25-16-17-27(37)21(2)18-25/h3-16,18H,17,19H2,1-2H3,(H,34,35,38). The third-order valence-electron chi connectivity index (χ3n) is 6.83. The van der Waals surface area contributed by atoms with E-state index in [1.807, 2.05) is 98.8 Å². The monoisotopic (exact) mass is 530 g/mol. The van der Waals surface area contributed by atoms with Crippen LogP contribution < -0.4 is 5.32 Å². The molecule has 3 aromatic carbocycles. The highest BCUT2D eigenvalue weighted by Gasteiger charge is 2.29. The fourth-order valence-electron chi connectivity index (χ4n) is 4.66. The van der Waals surface area contributed by atoms with E-state index < -0.39 is 0 Å². The minimum atomic E-state index is -0.213. The van der Waals surface area contributed by atoms with Crippen LogP contribution >= 0.6 is 11.3 Å². The molecule has 2 aliphatic rings. The van der Waals surface area contributed by atoms with Gasteiger partial charge in [0.15, 0.2) is 16.8 Å². The van der Waals surface area contributed by atoms with Crippen molar-refractivity contribution in [2.45, 2.75) is 26.8 Å². The van der Waals surface area contributed by atoms with Crippen molar-refractivity contribution in [2.24, 2.45) is 4.99 Å². The summed E-state index contributed by atoms with van der Waals surface area (Å²) in [5.41, 5.74) is 6.99. The minimum Gasteiger partial charge on any atom is -0.321 e. The third-order valence-corrected chi connectivity index (χ3v) is 7.79. The highest BCUT2D eigenvalue weighted by molar-refractivity contribution is 7.18. The number of anilines is 1. The van der Waals surface area contributed by atoms with Gasteiger partial charge in [0.2, 0.25) is 0 Å². The first-order valence-electron chi connectivity index (χ1n) is 12.8. The van der Waals surface area contributed by atoms with Gasteiger partial charge in [0.1, 0.15) is 0 Å². The van der Waals surface area contributed by atoms with Crippen LogP contribution in [-0.2, 0) is 11.3 Å². The number of ketones is 1. The number of aliphatic imine (C=N–C) groups is 1. The first-order chi connectivity index (χ1) is 19.0. The van der Waals surface area contributed by atoms with Crippen molar-refractivity contribution in [3.05, 3.63) is 124 Å². The summed E-state index contributed by atoms with van der Waals surface area (Å²) in [6.45, 7) is 4.45. The number of rotatable bonds is 5. The Morgan fingerprint density at radius 2 is 1.69 bits per heavy atom. The molecule has 2 heterocycles. The molecule has 6 rings (SSSR count). The second-order valence-corrected chi connectivity index (χ2v) is 10.6. The lowest BCUT2D eigenvalue weighted by atomic mass is 10.0. The van der Waals surface area contributed by atoms with E-state index in [0.717, 1.165) is 50.1 Å². The smallest absolute Gasteiger partial charge is 0.257 e. The SMILES string of the molecule is CC1=CC(N2Cc3ccccc3N=C2c2sc(NC(=O)c3ccc(C)cc3)nc2-c2ccccc2)=CCC1=O. The summed E-state index contributed by atoms with van der Waals surface area (Å²) in [5, 5.41) is 3.49. The number of carbonyl (C=O) groups is 2. The van der Waals surface area contributed by atoms with Gasteiger partial charge in [-0.2, -0.15) is 0 Å². The number of amidine groups is 1. The number of allylic oxidation sites excluding steroid dienone is 3. The maximum absolute atomic E-state index is 13.1. The highest BCUT2D eigenvalue weighted by Crippen LogP contribution is 2.38.